The minimum absolute atomic E-state index is 0.0184. The molecule has 1 aliphatic heterocycles. The van der Waals surface area contributed by atoms with Gasteiger partial charge in [-0.2, -0.15) is 5.26 Å². The normalized spacial score (nSPS) is 17.5. The molecular weight excluding hydrogens is 326 g/mol. The molecule has 0 aromatic heterocycles. The number of halogens is 1. The van der Waals surface area contributed by atoms with Crippen molar-refractivity contribution in [2.24, 2.45) is 5.84 Å². The maximum absolute atomic E-state index is 12.5. The quantitative estimate of drug-likeness (QED) is 0.297. The number of nitriles is 1. The topological polar surface area (TPSA) is 103 Å². The number of hydrogen-bond donors (Lipinski definition) is 4. The van der Waals surface area contributed by atoms with Gasteiger partial charge < -0.3 is 10.6 Å². The average Bonchev–Trinajstić information content (AvgIpc) is 2.96. The summed E-state index contributed by atoms with van der Waals surface area (Å²) >= 11 is 5.83. The molecule has 120 valence electrons. The van der Waals surface area contributed by atoms with Gasteiger partial charge in [0.2, 0.25) is 0 Å². The number of fused-ring (bicyclic) bond motifs is 1. The Balaban J connectivity index is 1.96. The summed E-state index contributed by atoms with van der Waals surface area (Å²) in [6.07, 6.45) is -0.358. The second-order valence-electron chi connectivity index (χ2n) is 5.15. The molecule has 3 rings (SSSR count). The van der Waals surface area contributed by atoms with Gasteiger partial charge in [0.1, 0.15) is 17.8 Å². The molecular formula is C17H14ClN5O. The standard InChI is InChI=1S/C17H14ClN5O/c18-10-5-7-11(8-6-10)21-17(24)14(9-19)15-12-3-1-2-4-13(12)16(22-15)23-20/h1-8,16,22-23H,20H2,(H,21,24). The Kier molecular flexibility index (Phi) is 4.49. The predicted octanol–water partition coefficient (Wildman–Crippen LogP) is 2.28. The van der Waals surface area contributed by atoms with Crippen LogP contribution in [0.5, 0.6) is 0 Å². The van der Waals surface area contributed by atoms with E-state index in [1.807, 2.05) is 30.3 Å². The van der Waals surface area contributed by atoms with E-state index in [-0.39, 0.29) is 11.7 Å². The van der Waals surface area contributed by atoms with E-state index in [2.05, 4.69) is 16.1 Å². The summed E-state index contributed by atoms with van der Waals surface area (Å²) in [6, 6.07) is 16.0. The third kappa shape index (κ3) is 2.96. The monoisotopic (exact) mass is 339 g/mol. The van der Waals surface area contributed by atoms with Gasteiger partial charge in [-0.3, -0.25) is 10.6 Å². The first kappa shape index (κ1) is 16.0. The fraction of sp³-hybridized carbons (Fsp3) is 0.0588. The number of hydrazine groups is 1. The summed E-state index contributed by atoms with van der Waals surface area (Å²) < 4.78 is 0. The molecule has 0 saturated carbocycles. The molecule has 2 aromatic rings. The highest BCUT2D eigenvalue weighted by molar-refractivity contribution is 6.30. The zero-order chi connectivity index (χ0) is 17.1. The number of hydrogen-bond acceptors (Lipinski definition) is 5. The van der Waals surface area contributed by atoms with Crippen molar-refractivity contribution in [1.82, 2.24) is 10.7 Å². The van der Waals surface area contributed by atoms with E-state index in [9.17, 15) is 10.1 Å². The van der Waals surface area contributed by atoms with Crippen molar-refractivity contribution in [3.63, 3.8) is 0 Å². The zero-order valence-corrected chi connectivity index (χ0v) is 13.3. The van der Waals surface area contributed by atoms with Gasteiger partial charge in [0.25, 0.3) is 5.91 Å². The van der Waals surface area contributed by atoms with Crippen LogP contribution < -0.4 is 21.9 Å². The lowest BCUT2D eigenvalue weighted by atomic mass is 10.0. The molecule has 1 heterocycles. The van der Waals surface area contributed by atoms with Crippen molar-refractivity contribution >= 4 is 28.9 Å². The van der Waals surface area contributed by atoms with Crippen LogP contribution in [0.25, 0.3) is 5.70 Å². The van der Waals surface area contributed by atoms with Crippen LogP contribution in [0, 0.1) is 11.3 Å². The van der Waals surface area contributed by atoms with Crippen molar-refractivity contribution in [2.45, 2.75) is 6.17 Å². The number of nitrogens with two attached hydrogens (primary N) is 1. The van der Waals surface area contributed by atoms with Crippen molar-refractivity contribution < 1.29 is 4.79 Å². The van der Waals surface area contributed by atoms with Crippen molar-refractivity contribution in [3.8, 4) is 6.07 Å². The summed E-state index contributed by atoms with van der Waals surface area (Å²) in [5, 5.41) is 15.8. The maximum atomic E-state index is 12.5. The number of benzene rings is 2. The first-order valence-electron chi connectivity index (χ1n) is 7.17. The lowest BCUT2D eigenvalue weighted by Gasteiger charge is -2.11. The first-order chi connectivity index (χ1) is 11.6. The Morgan fingerprint density at radius 1 is 1.21 bits per heavy atom. The number of rotatable bonds is 3. The van der Waals surface area contributed by atoms with E-state index in [1.165, 1.54) is 0 Å². The lowest BCUT2D eigenvalue weighted by molar-refractivity contribution is -0.112. The molecule has 7 heteroatoms. The number of nitrogens with zero attached hydrogens (tertiary/aromatic N) is 1. The highest BCUT2D eigenvalue weighted by Gasteiger charge is 2.29. The number of amides is 1. The summed E-state index contributed by atoms with van der Waals surface area (Å²) in [6.45, 7) is 0. The van der Waals surface area contributed by atoms with Crippen LogP contribution in [0.15, 0.2) is 54.1 Å². The number of carbonyl (C=O) groups excluding carboxylic acids is 1. The zero-order valence-electron chi connectivity index (χ0n) is 12.5. The van der Waals surface area contributed by atoms with Crippen molar-refractivity contribution in [2.75, 3.05) is 5.32 Å². The molecule has 0 fully saturated rings. The Hall–Kier alpha value is -2.85. The molecule has 5 N–H and O–H groups in total. The molecule has 0 spiro atoms. The van der Waals surface area contributed by atoms with Gasteiger partial charge >= 0.3 is 0 Å². The molecule has 1 amide bonds. The van der Waals surface area contributed by atoms with E-state index >= 15 is 0 Å². The van der Waals surface area contributed by atoms with Crippen molar-refractivity contribution in [1.29, 1.82) is 5.26 Å². The summed E-state index contributed by atoms with van der Waals surface area (Å²) in [7, 11) is 0. The van der Waals surface area contributed by atoms with Crippen LogP contribution >= 0.6 is 11.6 Å². The van der Waals surface area contributed by atoms with Crippen LogP contribution in [0.3, 0.4) is 0 Å². The van der Waals surface area contributed by atoms with E-state index in [1.54, 1.807) is 24.3 Å². The highest BCUT2D eigenvalue weighted by Crippen LogP contribution is 2.32. The van der Waals surface area contributed by atoms with Crippen LogP contribution in [-0.4, -0.2) is 5.91 Å². The van der Waals surface area contributed by atoms with Gasteiger partial charge in [-0.25, -0.2) is 5.43 Å². The highest BCUT2D eigenvalue weighted by atomic mass is 35.5. The van der Waals surface area contributed by atoms with Gasteiger partial charge in [0.15, 0.2) is 0 Å². The molecule has 6 nitrogen and oxygen atoms in total. The molecule has 24 heavy (non-hydrogen) atoms. The predicted molar refractivity (Wildman–Crippen MR) is 92.3 cm³/mol. The van der Waals surface area contributed by atoms with E-state index in [4.69, 9.17) is 17.4 Å². The Bertz CT molecular complexity index is 854. The van der Waals surface area contributed by atoms with Crippen LogP contribution in [0.4, 0.5) is 5.69 Å². The Morgan fingerprint density at radius 2 is 1.92 bits per heavy atom. The fourth-order valence-corrected chi connectivity index (χ4v) is 2.69. The SMILES string of the molecule is N#CC(C(=O)Nc1ccc(Cl)cc1)=C1NC(NN)c2ccccc21. The average molecular weight is 340 g/mol. The smallest absolute Gasteiger partial charge is 0.268 e. The number of carbonyl (C=O) groups is 1. The fourth-order valence-electron chi connectivity index (χ4n) is 2.56. The third-order valence-electron chi connectivity index (χ3n) is 3.69. The maximum Gasteiger partial charge on any atom is 0.268 e. The molecule has 0 bridgehead atoms. The van der Waals surface area contributed by atoms with Crippen LogP contribution in [0.1, 0.15) is 17.3 Å². The van der Waals surface area contributed by atoms with Crippen molar-refractivity contribution in [3.05, 3.63) is 70.3 Å². The van der Waals surface area contributed by atoms with Gasteiger partial charge in [-0.15, -0.1) is 0 Å². The van der Waals surface area contributed by atoms with E-state index < -0.39 is 5.91 Å². The minimum Gasteiger partial charge on any atom is -0.363 e. The second kappa shape index (κ2) is 6.72. The molecule has 1 unspecified atom stereocenters. The summed E-state index contributed by atoms with van der Waals surface area (Å²) in [5.41, 5.74) is 5.25. The van der Waals surface area contributed by atoms with Gasteiger partial charge in [-0.05, 0) is 29.8 Å². The lowest BCUT2D eigenvalue weighted by Crippen LogP contribution is -2.34. The Morgan fingerprint density at radius 3 is 2.58 bits per heavy atom. The summed E-state index contributed by atoms with van der Waals surface area (Å²) in [5.74, 6) is 5.03. The van der Waals surface area contributed by atoms with Gasteiger partial charge in [0.05, 0.1) is 5.70 Å². The van der Waals surface area contributed by atoms with E-state index in [0.717, 1.165) is 11.1 Å². The second-order valence-corrected chi connectivity index (χ2v) is 5.59. The van der Waals surface area contributed by atoms with Gasteiger partial charge in [-0.1, -0.05) is 35.9 Å². The molecule has 0 aliphatic carbocycles. The Labute approximate surface area is 143 Å². The molecule has 1 aliphatic rings. The molecule has 0 saturated heterocycles. The first-order valence-corrected chi connectivity index (χ1v) is 7.55. The van der Waals surface area contributed by atoms with Crippen LogP contribution in [-0.2, 0) is 4.79 Å². The third-order valence-corrected chi connectivity index (χ3v) is 3.94. The summed E-state index contributed by atoms with van der Waals surface area (Å²) in [4.78, 5) is 12.5. The number of anilines is 1. The largest absolute Gasteiger partial charge is 0.363 e. The van der Waals surface area contributed by atoms with Crippen LogP contribution in [0.2, 0.25) is 5.02 Å². The minimum atomic E-state index is -0.505. The van der Waals surface area contributed by atoms with E-state index in [0.29, 0.717) is 16.4 Å². The molecule has 0 radical (unpaired) electrons. The number of nitrogens with one attached hydrogen (secondary N) is 3. The molecule has 2 aromatic carbocycles. The van der Waals surface area contributed by atoms with Gasteiger partial charge in [0, 0.05) is 16.3 Å². The molecule has 1 atom stereocenters.